The molecule has 2 fully saturated rings. The molecule has 0 unspecified atom stereocenters. The number of Topliss-reactive ketones (excluding diaryl/α,β-unsaturated/α-hetero) is 1. The summed E-state index contributed by atoms with van der Waals surface area (Å²) in [6, 6.07) is 6.27. The van der Waals surface area contributed by atoms with Crippen molar-refractivity contribution < 1.29 is 33.7 Å². The van der Waals surface area contributed by atoms with Gasteiger partial charge in [-0.2, -0.15) is 0 Å². The van der Waals surface area contributed by atoms with Crippen LogP contribution >= 0.6 is 0 Å². The maximum absolute atomic E-state index is 13.4. The van der Waals surface area contributed by atoms with Gasteiger partial charge < -0.3 is 29.2 Å². The molecule has 2 saturated heterocycles. The molecule has 192 valence electrons. The predicted molar refractivity (Wildman–Crippen MR) is 131 cm³/mol. The van der Waals surface area contributed by atoms with Crippen molar-refractivity contribution in [2.75, 3.05) is 53.6 Å². The highest BCUT2D eigenvalue weighted by Gasteiger charge is 2.46. The summed E-state index contributed by atoms with van der Waals surface area (Å²) in [6.07, 6.45) is 0. The highest BCUT2D eigenvalue weighted by Crippen LogP contribution is 2.41. The number of esters is 1. The van der Waals surface area contributed by atoms with E-state index in [0.29, 0.717) is 54.4 Å². The molecule has 0 radical (unpaired) electrons. The van der Waals surface area contributed by atoms with Crippen molar-refractivity contribution in [3.63, 3.8) is 0 Å². The van der Waals surface area contributed by atoms with Crippen LogP contribution < -0.4 is 4.74 Å². The van der Waals surface area contributed by atoms with E-state index in [9.17, 15) is 19.5 Å². The zero-order chi connectivity index (χ0) is 26.0. The van der Waals surface area contributed by atoms with Crippen molar-refractivity contribution in [1.29, 1.82) is 0 Å². The minimum Gasteiger partial charge on any atom is -0.507 e. The third kappa shape index (κ3) is 4.61. The smallest absolute Gasteiger partial charge is 0.354 e. The Balaban J connectivity index is 1.81. The molecule has 36 heavy (non-hydrogen) atoms. The second-order valence-corrected chi connectivity index (χ2v) is 8.84. The van der Waals surface area contributed by atoms with E-state index in [0.717, 1.165) is 13.1 Å². The van der Waals surface area contributed by atoms with E-state index in [-0.39, 0.29) is 17.0 Å². The topological polar surface area (TPSA) is 121 Å². The molecule has 4 rings (SSSR count). The fourth-order valence-corrected chi connectivity index (χ4v) is 4.89. The Morgan fingerprint density at radius 2 is 1.89 bits per heavy atom. The molecule has 2 aromatic rings. The maximum Gasteiger partial charge on any atom is 0.354 e. The average molecular weight is 498 g/mol. The minimum atomic E-state index is -0.823. The van der Waals surface area contributed by atoms with Gasteiger partial charge >= 0.3 is 5.97 Å². The van der Waals surface area contributed by atoms with Crippen molar-refractivity contribution >= 4 is 23.4 Å². The first kappa shape index (κ1) is 25.5. The number of carbonyl (C=O) groups is 3. The number of ketones is 1. The molecule has 1 aromatic carbocycles. The van der Waals surface area contributed by atoms with Crippen molar-refractivity contribution in [3.05, 3.63) is 57.9 Å². The van der Waals surface area contributed by atoms with Crippen molar-refractivity contribution in [3.8, 4) is 5.75 Å². The number of hydrogen-bond acceptors (Lipinski definition) is 8. The van der Waals surface area contributed by atoms with E-state index in [2.05, 4.69) is 9.88 Å². The van der Waals surface area contributed by atoms with Crippen LogP contribution in [0.3, 0.4) is 0 Å². The highest BCUT2D eigenvalue weighted by atomic mass is 16.5. The number of hydrogen-bond donors (Lipinski definition) is 2. The van der Waals surface area contributed by atoms with E-state index < -0.39 is 23.7 Å². The van der Waals surface area contributed by atoms with Crippen LogP contribution in [0.25, 0.3) is 5.76 Å². The number of likely N-dealkylation sites (tertiary alicyclic amines) is 1. The summed E-state index contributed by atoms with van der Waals surface area (Å²) < 4.78 is 15.6. The number of aliphatic hydroxyl groups is 1. The number of aryl methyl sites for hydroxylation is 1. The Labute approximate surface area is 209 Å². The van der Waals surface area contributed by atoms with Crippen LogP contribution in [0.5, 0.6) is 5.75 Å². The van der Waals surface area contributed by atoms with Crippen LogP contribution in [0.2, 0.25) is 0 Å². The number of aliphatic hydroxyl groups excluding tert-OH is 1. The van der Waals surface area contributed by atoms with Gasteiger partial charge in [-0.1, -0.05) is 12.1 Å². The molecule has 0 bridgehead atoms. The predicted octanol–water partition coefficient (Wildman–Crippen LogP) is 2.18. The second-order valence-electron chi connectivity index (χ2n) is 8.84. The van der Waals surface area contributed by atoms with Crippen molar-refractivity contribution in [2.45, 2.75) is 19.9 Å². The lowest BCUT2D eigenvalue weighted by Gasteiger charge is -2.31. The summed E-state index contributed by atoms with van der Waals surface area (Å²) in [7, 11) is 2.80. The van der Waals surface area contributed by atoms with Crippen LogP contribution in [-0.2, 0) is 19.1 Å². The lowest BCUT2D eigenvalue weighted by Crippen LogP contribution is -2.42. The normalized spacial score (nSPS) is 20.1. The molecule has 0 aliphatic carbocycles. The Morgan fingerprint density at radius 3 is 2.56 bits per heavy atom. The number of aromatic amines is 1. The number of methoxy groups -OCH3 is 2. The summed E-state index contributed by atoms with van der Waals surface area (Å²) >= 11 is 0. The summed E-state index contributed by atoms with van der Waals surface area (Å²) in [4.78, 5) is 45.4. The molecular weight excluding hydrogens is 466 g/mol. The Kier molecular flexibility index (Phi) is 7.46. The third-order valence-corrected chi connectivity index (χ3v) is 6.77. The van der Waals surface area contributed by atoms with Gasteiger partial charge in [-0.15, -0.1) is 0 Å². The highest BCUT2D eigenvalue weighted by molar-refractivity contribution is 6.46. The first-order valence-electron chi connectivity index (χ1n) is 11.8. The van der Waals surface area contributed by atoms with E-state index in [1.54, 1.807) is 38.1 Å². The van der Waals surface area contributed by atoms with Gasteiger partial charge in [-0.3, -0.25) is 14.5 Å². The molecule has 2 aliphatic rings. The van der Waals surface area contributed by atoms with Gasteiger partial charge in [0.2, 0.25) is 0 Å². The van der Waals surface area contributed by atoms with E-state index in [1.165, 1.54) is 19.1 Å². The zero-order valence-electron chi connectivity index (χ0n) is 20.9. The van der Waals surface area contributed by atoms with Gasteiger partial charge in [0.1, 0.15) is 17.2 Å². The minimum absolute atomic E-state index is 0.0307. The third-order valence-electron chi connectivity index (χ3n) is 6.77. The van der Waals surface area contributed by atoms with Crippen LogP contribution in [0.4, 0.5) is 0 Å². The number of benzene rings is 1. The standard InChI is InChI=1S/C26H31N3O7/c1-15-19(16(2)27-21(15)26(33)35-4)23(30)20-22(17-6-5-7-18(14-17)34-3)29(25(32)24(20)31)9-8-28-10-12-36-13-11-28/h5-7,14,22,27,30H,8-13H2,1-4H3/b23-20+/t22-/m1/s1. The molecule has 10 heteroatoms. The van der Waals surface area contributed by atoms with Crippen LogP contribution in [-0.4, -0.2) is 91.2 Å². The largest absolute Gasteiger partial charge is 0.507 e. The van der Waals surface area contributed by atoms with Crippen LogP contribution in [0.1, 0.15) is 38.9 Å². The lowest BCUT2D eigenvalue weighted by molar-refractivity contribution is -0.140. The Hall–Kier alpha value is -3.63. The Morgan fingerprint density at radius 1 is 1.17 bits per heavy atom. The fraction of sp³-hybridized carbons (Fsp3) is 0.423. The number of morpholine rings is 1. The molecular formula is C26H31N3O7. The number of carbonyl (C=O) groups excluding carboxylic acids is 3. The van der Waals surface area contributed by atoms with E-state index >= 15 is 0 Å². The molecule has 2 N–H and O–H groups in total. The maximum atomic E-state index is 13.4. The number of nitrogens with zero attached hydrogens (tertiary/aromatic N) is 2. The van der Waals surface area contributed by atoms with Crippen LogP contribution in [0.15, 0.2) is 29.8 Å². The summed E-state index contributed by atoms with van der Waals surface area (Å²) in [5.74, 6) is -1.83. The van der Waals surface area contributed by atoms with Gasteiger partial charge in [0.25, 0.3) is 11.7 Å². The molecule has 1 aromatic heterocycles. The van der Waals surface area contributed by atoms with Gasteiger partial charge in [-0.05, 0) is 37.1 Å². The summed E-state index contributed by atoms with van der Waals surface area (Å²) in [5.41, 5.74) is 1.99. The molecule has 1 atom stereocenters. The van der Waals surface area contributed by atoms with Gasteiger partial charge in [0.15, 0.2) is 0 Å². The molecule has 3 heterocycles. The first-order chi connectivity index (χ1) is 17.3. The molecule has 2 aliphatic heterocycles. The number of ether oxygens (including phenoxy) is 3. The second kappa shape index (κ2) is 10.5. The number of nitrogens with one attached hydrogen (secondary N) is 1. The van der Waals surface area contributed by atoms with E-state index in [4.69, 9.17) is 14.2 Å². The van der Waals surface area contributed by atoms with Gasteiger partial charge in [-0.25, -0.2) is 4.79 Å². The summed E-state index contributed by atoms with van der Waals surface area (Å²) in [5, 5.41) is 11.5. The average Bonchev–Trinajstić information content (AvgIpc) is 3.34. The van der Waals surface area contributed by atoms with Gasteiger partial charge in [0, 0.05) is 37.4 Å². The number of rotatable bonds is 7. The van der Waals surface area contributed by atoms with Crippen molar-refractivity contribution in [1.82, 2.24) is 14.8 Å². The fourth-order valence-electron chi connectivity index (χ4n) is 4.89. The van der Waals surface area contributed by atoms with E-state index in [1.807, 2.05) is 0 Å². The molecule has 10 nitrogen and oxygen atoms in total. The quantitative estimate of drug-likeness (QED) is 0.258. The van der Waals surface area contributed by atoms with Gasteiger partial charge in [0.05, 0.1) is 39.0 Å². The molecule has 0 saturated carbocycles. The Bertz CT molecular complexity index is 1210. The zero-order valence-corrected chi connectivity index (χ0v) is 20.9. The molecule has 1 amide bonds. The number of amides is 1. The number of H-pyrrole nitrogens is 1. The first-order valence-corrected chi connectivity index (χ1v) is 11.8. The summed E-state index contributed by atoms with van der Waals surface area (Å²) in [6.45, 7) is 6.91. The van der Waals surface area contributed by atoms with Crippen molar-refractivity contribution in [2.24, 2.45) is 0 Å². The SMILES string of the molecule is COC(=O)c1[nH]c(C)c(/C(O)=C2\C(=O)C(=O)N(CCN3CCOCC3)[C@@H]2c2cccc(OC)c2)c1C. The van der Waals surface area contributed by atoms with Crippen LogP contribution in [0, 0.1) is 13.8 Å². The monoisotopic (exact) mass is 497 g/mol. The number of aromatic nitrogens is 1. The lowest BCUT2D eigenvalue weighted by atomic mass is 9.94. The molecule has 0 spiro atoms.